The molecule has 5 nitrogen and oxygen atoms in total. The van der Waals surface area contributed by atoms with Crippen LogP contribution in [0, 0.1) is 0 Å². The molecule has 1 aliphatic heterocycles. The lowest BCUT2D eigenvalue weighted by molar-refractivity contribution is 0.0933. The molecule has 0 spiro atoms. The summed E-state index contributed by atoms with van der Waals surface area (Å²) in [7, 11) is -1.20. The van der Waals surface area contributed by atoms with Crippen molar-refractivity contribution in [1.29, 1.82) is 0 Å². The zero-order valence-corrected chi connectivity index (χ0v) is 13.0. The Bertz CT molecular complexity index is 826. The molecule has 1 N–H and O–H groups in total. The number of sulfone groups is 1. The van der Waals surface area contributed by atoms with E-state index in [2.05, 4.69) is 5.32 Å². The van der Waals surface area contributed by atoms with Gasteiger partial charge >= 0.3 is 0 Å². The van der Waals surface area contributed by atoms with E-state index in [-0.39, 0.29) is 23.5 Å². The number of hydrogen-bond acceptors (Lipinski definition) is 3. The molecular formula is C14H15ClN2O3S. The number of benzene rings is 1. The van der Waals surface area contributed by atoms with Crippen LogP contribution in [0.2, 0.25) is 5.02 Å². The number of carbonyl (C=O) groups is 1. The van der Waals surface area contributed by atoms with Gasteiger partial charge in [-0.1, -0.05) is 11.6 Å². The average molecular weight is 327 g/mol. The van der Waals surface area contributed by atoms with E-state index >= 15 is 0 Å². The van der Waals surface area contributed by atoms with Crippen molar-refractivity contribution in [2.75, 3.05) is 11.5 Å². The van der Waals surface area contributed by atoms with Crippen LogP contribution in [0.3, 0.4) is 0 Å². The highest BCUT2D eigenvalue weighted by Crippen LogP contribution is 2.23. The van der Waals surface area contributed by atoms with Gasteiger partial charge < -0.3 is 9.88 Å². The monoisotopic (exact) mass is 326 g/mol. The van der Waals surface area contributed by atoms with Gasteiger partial charge in [-0.3, -0.25) is 4.79 Å². The molecule has 0 bridgehead atoms. The third-order valence-electron chi connectivity index (χ3n) is 3.80. The fraction of sp³-hybridized carbons (Fsp3) is 0.357. The molecule has 0 unspecified atom stereocenters. The molecule has 7 heteroatoms. The number of fused-ring (bicyclic) bond motifs is 1. The quantitative estimate of drug-likeness (QED) is 0.914. The molecule has 0 saturated carbocycles. The zero-order valence-electron chi connectivity index (χ0n) is 11.5. The normalized spacial score (nSPS) is 20.8. The van der Waals surface area contributed by atoms with Crippen LogP contribution in [-0.2, 0) is 16.9 Å². The molecule has 1 atom stereocenters. The van der Waals surface area contributed by atoms with Gasteiger partial charge in [0.15, 0.2) is 9.84 Å². The maximum Gasteiger partial charge on any atom is 0.268 e. The van der Waals surface area contributed by atoms with Gasteiger partial charge in [0, 0.05) is 29.0 Å². The Balaban J connectivity index is 1.87. The highest BCUT2D eigenvalue weighted by Gasteiger charge is 2.29. The van der Waals surface area contributed by atoms with E-state index in [0.29, 0.717) is 17.1 Å². The summed E-state index contributed by atoms with van der Waals surface area (Å²) >= 11 is 5.95. The minimum absolute atomic E-state index is 0.0223. The molecule has 1 saturated heterocycles. The molecule has 3 rings (SSSR count). The predicted octanol–water partition coefficient (Wildman–Crippen LogP) is 1.75. The Hall–Kier alpha value is -1.53. The minimum atomic E-state index is -3.00. The van der Waals surface area contributed by atoms with Crippen LogP contribution in [0.25, 0.3) is 10.9 Å². The average Bonchev–Trinajstić information content (AvgIpc) is 2.90. The van der Waals surface area contributed by atoms with Crippen LogP contribution in [0.1, 0.15) is 16.9 Å². The van der Waals surface area contributed by atoms with E-state index in [1.54, 1.807) is 29.8 Å². The topological polar surface area (TPSA) is 68.2 Å². The van der Waals surface area contributed by atoms with Crippen molar-refractivity contribution in [3.8, 4) is 0 Å². The number of aromatic nitrogens is 1. The molecule has 1 fully saturated rings. The lowest BCUT2D eigenvalue weighted by Gasteiger charge is -2.11. The summed E-state index contributed by atoms with van der Waals surface area (Å²) in [6.45, 7) is 0. The maximum absolute atomic E-state index is 12.3. The second-order valence-electron chi connectivity index (χ2n) is 5.37. The van der Waals surface area contributed by atoms with Crippen molar-refractivity contribution in [3.63, 3.8) is 0 Å². The molecule has 1 aromatic heterocycles. The number of hydrogen-bond donors (Lipinski definition) is 1. The Labute approximate surface area is 127 Å². The van der Waals surface area contributed by atoms with Gasteiger partial charge in [-0.15, -0.1) is 0 Å². The lowest BCUT2D eigenvalue weighted by Crippen LogP contribution is -2.36. The molecule has 1 aliphatic rings. The van der Waals surface area contributed by atoms with Gasteiger partial charge in [-0.05, 0) is 30.7 Å². The molecule has 0 radical (unpaired) electrons. The van der Waals surface area contributed by atoms with Gasteiger partial charge in [0.25, 0.3) is 5.91 Å². The van der Waals surface area contributed by atoms with Crippen LogP contribution in [0.15, 0.2) is 24.3 Å². The Morgan fingerprint density at radius 1 is 1.38 bits per heavy atom. The smallest absolute Gasteiger partial charge is 0.268 e. The fourth-order valence-electron chi connectivity index (χ4n) is 2.71. The first-order valence-electron chi connectivity index (χ1n) is 6.62. The Morgan fingerprint density at radius 3 is 2.81 bits per heavy atom. The Morgan fingerprint density at radius 2 is 2.14 bits per heavy atom. The first-order valence-corrected chi connectivity index (χ1v) is 8.82. The van der Waals surface area contributed by atoms with E-state index in [1.807, 2.05) is 6.07 Å². The third-order valence-corrected chi connectivity index (χ3v) is 5.81. The number of halogens is 1. The van der Waals surface area contributed by atoms with E-state index in [9.17, 15) is 13.2 Å². The van der Waals surface area contributed by atoms with E-state index in [4.69, 9.17) is 11.6 Å². The largest absolute Gasteiger partial charge is 0.347 e. The van der Waals surface area contributed by atoms with Crippen molar-refractivity contribution in [3.05, 3.63) is 35.0 Å². The number of amides is 1. The molecule has 1 amide bonds. The molecule has 112 valence electrons. The van der Waals surface area contributed by atoms with Crippen molar-refractivity contribution in [1.82, 2.24) is 9.88 Å². The fourth-order valence-corrected chi connectivity index (χ4v) is 4.56. The van der Waals surface area contributed by atoms with Gasteiger partial charge in [-0.25, -0.2) is 8.42 Å². The summed E-state index contributed by atoms with van der Waals surface area (Å²) in [6, 6.07) is 6.89. The molecule has 2 aromatic rings. The predicted molar refractivity (Wildman–Crippen MR) is 82.5 cm³/mol. The molecular weight excluding hydrogens is 312 g/mol. The van der Waals surface area contributed by atoms with Gasteiger partial charge in [0.2, 0.25) is 0 Å². The first-order chi connectivity index (χ1) is 9.85. The summed E-state index contributed by atoms with van der Waals surface area (Å²) < 4.78 is 24.6. The zero-order chi connectivity index (χ0) is 15.2. The highest BCUT2D eigenvalue weighted by molar-refractivity contribution is 7.91. The number of rotatable bonds is 2. The lowest BCUT2D eigenvalue weighted by atomic mass is 10.2. The number of nitrogens with zero attached hydrogens (tertiary/aromatic N) is 1. The van der Waals surface area contributed by atoms with Crippen molar-refractivity contribution in [2.24, 2.45) is 7.05 Å². The summed E-state index contributed by atoms with van der Waals surface area (Å²) in [5, 5.41) is 4.29. The van der Waals surface area contributed by atoms with E-state index in [1.165, 1.54) is 0 Å². The van der Waals surface area contributed by atoms with Crippen LogP contribution in [0.4, 0.5) is 0 Å². The van der Waals surface area contributed by atoms with E-state index in [0.717, 1.165) is 10.9 Å². The summed E-state index contributed by atoms with van der Waals surface area (Å²) in [6.07, 6.45) is 0.476. The second-order valence-corrected chi connectivity index (χ2v) is 8.03. The van der Waals surface area contributed by atoms with Crippen molar-refractivity contribution in [2.45, 2.75) is 12.5 Å². The SMILES string of the molecule is Cn1c(C(=O)N[C@@H]2CCS(=O)(=O)C2)cc2cc(Cl)ccc21. The van der Waals surface area contributed by atoms with Gasteiger partial charge in [-0.2, -0.15) is 0 Å². The third kappa shape index (κ3) is 2.78. The Kier molecular flexibility index (Phi) is 3.45. The highest BCUT2D eigenvalue weighted by atomic mass is 35.5. The van der Waals surface area contributed by atoms with Gasteiger partial charge in [0.1, 0.15) is 5.69 Å². The second kappa shape index (κ2) is 5.03. The molecule has 0 aliphatic carbocycles. The summed E-state index contributed by atoms with van der Waals surface area (Å²) in [5.74, 6) is -0.0936. The number of carbonyl (C=O) groups excluding carboxylic acids is 1. The molecule has 1 aromatic carbocycles. The summed E-state index contributed by atoms with van der Waals surface area (Å²) in [5.41, 5.74) is 1.40. The number of nitrogens with one attached hydrogen (secondary N) is 1. The van der Waals surface area contributed by atoms with Crippen molar-refractivity contribution < 1.29 is 13.2 Å². The minimum Gasteiger partial charge on any atom is -0.347 e. The molecule has 21 heavy (non-hydrogen) atoms. The van der Waals surface area contributed by atoms with Crippen LogP contribution < -0.4 is 5.32 Å². The van der Waals surface area contributed by atoms with E-state index < -0.39 is 9.84 Å². The van der Waals surface area contributed by atoms with Crippen LogP contribution >= 0.6 is 11.6 Å². The van der Waals surface area contributed by atoms with Crippen molar-refractivity contribution >= 4 is 38.2 Å². The number of aryl methyl sites for hydroxylation is 1. The van der Waals surface area contributed by atoms with Crippen LogP contribution in [0.5, 0.6) is 0 Å². The first kappa shape index (κ1) is 14.4. The molecule has 2 heterocycles. The van der Waals surface area contributed by atoms with Gasteiger partial charge in [0.05, 0.1) is 11.5 Å². The standard InChI is InChI=1S/C14H15ClN2O3S/c1-17-12-3-2-10(15)6-9(12)7-13(17)14(18)16-11-4-5-21(19,20)8-11/h2-3,6-7,11H,4-5,8H2,1H3,(H,16,18)/t11-/m1/s1. The summed E-state index contributed by atoms with van der Waals surface area (Å²) in [4.78, 5) is 12.3. The maximum atomic E-state index is 12.3. The van der Waals surface area contributed by atoms with Crippen LogP contribution in [-0.4, -0.2) is 36.4 Å².